The number of aryl methyl sites for hydroxylation is 2. The van der Waals surface area contributed by atoms with E-state index in [2.05, 4.69) is 23.5 Å². The molecule has 0 bridgehead atoms. The molecule has 1 aromatic carbocycles. The first-order valence-electron chi connectivity index (χ1n) is 7.31. The number of benzene rings is 1. The third-order valence-electron chi connectivity index (χ3n) is 4.41. The molecular weight excluding hydrogens is 242 g/mol. The molecule has 2 atom stereocenters. The van der Waals surface area contributed by atoms with Crippen molar-refractivity contribution in [3.8, 4) is 0 Å². The molecule has 1 N–H and O–H groups in total. The number of nitrogens with one attached hydrogen (secondary N) is 1. The SMILES string of the molecule is ClC1CCCCC1NCc1ccc2c(c1)CCC2. The zero-order chi connectivity index (χ0) is 12.4. The van der Waals surface area contributed by atoms with Crippen LogP contribution in [0.5, 0.6) is 0 Å². The predicted octanol–water partition coefficient (Wildman–Crippen LogP) is 3.81. The molecular formula is C16H22ClN. The Morgan fingerprint density at radius 2 is 1.89 bits per heavy atom. The number of hydrogen-bond acceptors (Lipinski definition) is 1. The number of fused-ring (bicyclic) bond motifs is 1. The minimum atomic E-state index is 0.327. The summed E-state index contributed by atoms with van der Waals surface area (Å²) in [6.45, 7) is 0.973. The van der Waals surface area contributed by atoms with E-state index in [0.29, 0.717) is 11.4 Å². The molecule has 2 aliphatic rings. The van der Waals surface area contributed by atoms with Crippen molar-refractivity contribution in [2.24, 2.45) is 0 Å². The summed E-state index contributed by atoms with van der Waals surface area (Å²) in [4.78, 5) is 0. The van der Waals surface area contributed by atoms with Crippen molar-refractivity contribution in [2.45, 2.75) is 62.9 Å². The monoisotopic (exact) mass is 263 g/mol. The van der Waals surface area contributed by atoms with Crippen LogP contribution in [0.2, 0.25) is 0 Å². The molecule has 0 aliphatic heterocycles. The summed E-state index contributed by atoms with van der Waals surface area (Å²) in [7, 11) is 0. The highest BCUT2D eigenvalue weighted by Gasteiger charge is 2.22. The van der Waals surface area contributed by atoms with Crippen molar-refractivity contribution < 1.29 is 0 Å². The molecule has 1 fully saturated rings. The second-order valence-corrected chi connectivity index (χ2v) is 6.31. The Kier molecular flexibility index (Phi) is 3.91. The summed E-state index contributed by atoms with van der Waals surface area (Å²) in [5, 5.41) is 3.97. The largest absolute Gasteiger partial charge is 0.308 e. The fraction of sp³-hybridized carbons (Fsp3) is 0.625. The fourth-order valence-corrected chi connectivity index (χ4v) is 3.67. The molecule has 0 aromatic heterocycles. The number of hydrogen-bond donors (Lipinski definition) is 1. The zero-order valence-electron chi connectivity index (χ0n) is 10.9. The lowest BCUT2D eigenvalue weighted by Gasteiger charge is -2.28. The third kappa shape index (κ3) is 2.73. The number of rotatable bonds is 3. The van der Waals surface area contributed by atoms with Crippen molar-refractivity contribution in [3.05, 3.63) is 34.9 Å². The van der Waals surface area contributed by atoms with Crippen molar-refractivity contribution >= 4 is 11.6 Å². The van der Waals surface area contributed by atoms with Gasteiger partial charge in [-0.3, -0.25) is 0 Å². The Hall–Kier alpha value is -0.530. The average molecular weight is 264 g/mol. The molecule has 0 radical (unpaired) electrons. The molecule has 0 spiro atoms. The highest BCUT2D eigenvalue weighted by molar-refractivity contribution is 6.21. The summed E-state index contributed by atoms with van der Waals surface area (Å²) >= 11 is 6.38. The topological polar surface area (TPSA) is 12.0 Å². The van der Waals surface area contributed by atoms with Crippen molar-refractivity contribution in [2.75, 3.05) is 0 Å². The second-order valence-electron chi connectivity index (χ2n) is 5.74. The van der Waals surface area contributed by atoms with Gasteiger partial charge in [-0.15, -0.1) is 11.6 Å². The van der Waals surface area contributed by atoms with E-state index < -0.39 is 0 Å². The molecule has 2 unspecified atom stereocenters. The maximum Gasteiger partial charge on any atom is 0.0489 e. The quantitative estimate of drug-likeness (QED) is 0.818. The molecule has 98 valence electrons. The lowest BCUT2D eigenvalue weighted by atomic mass is 9.94. The molecule has 1 nitrogen and oxygen atoms in total. The molecule has 2 aliphatic carbocycles. The Bertz CT molecular complexity index is 416. The smallest absolute Gasteiger partial charge is 0.0489 e. The van der Waals surface area contributed by atoms with Gasteiger partial charge < -0.3 is 5.32 Å². The van der Waals surface area contributed by atoms with Gasteiger partial charge in [-0.2, -0.15) is 0 Å². The highest BCUT2D eigenvalue weighted by Crippen LogP contribution is 2.25. The van der Waals surface area contributed by atoms with E-state index in [1.165, 1.54) is 50.5 Å². The molecule has 0 amide bonds. The van der Waals surface area contributed by atoms with E-state index in [9.17, 15) is 0 Å². The van der Waals surface area contributed by atoms with Crippen LogP contribution in [0.1, 0.15) is 48.8 Å². The molecule has 0 saturated heterocycles. The van der Waals surface area contributed by atoms with Crippen molar-refractivity contribution in [1.82, 2.24) is 5.32 Å². The van der Waals surface area contributed by atoms with E-state index in [0.717, 1.165) is 6.54 Å². The maximum absolute atomic E-state index is 6.38. The van der Waals surface area contributed by atoms with E-state index >= 15 is 0 Å². The first kappa shape index (κ1) is 12.5. The lowest BCUT2D eigenvalue weighted by Crippen LogP contribution is -2.38. The van der Waals surface area contributed by atoms with E-state index in [4.69, 9.17) is 11.6 Å². The van der Waals surface area contributed by atoms with Gasteiger partial charge in [0, 0.05) is 18.0 Å². The highest BCUT2D eigenvalue weighted by atomic mass is 35.5. The van der Waals surface area contributed by atoms with Crippen LogP contribution in [0, 0.1) is 0 Å². The van der Waals surface area contributed by atoms with Crippen molar-refractivity contribution in [3.63, 3.8) is 0 Å². The van der Waals surface area contributed by atoms with E-state index in [-0.39, 0.29) is 0 Å². The Morgan fingerprint density at radius 1 is 1.06 bits per heavy atom. The summed E-state index contributed by atoms with van der Waals surface area (Å²) in [5.74, 6) is 0. The molecule has 0 heterocycles. The first-order chi connectivity index (χ1) is 8.83. The average Bonchev–Trinajstić information content (AvgIpc) is 2.85. The van der Waals surface area contributed by atoms with Gasteiger partial charge in [0.2, 0.25) is 0 Å². The zero-order valence-corrected chi connectivity index (χ0v) is 11.7. The minimum absolute atomic E-state index is 0.327. The van der Waals surface area contributed by atoms with E-state index in [1.54, 1.807) is 11.1 Å². The van der Waals surface area contributed by atoms with Crippen LogP contribution in [0.3, 0.4) is 0 Å². The Morgan fingerprint density at radius 3 is 2.78 bits per heavy atom. The predicted molar refractivity (Wildman–Crippen MR) is 77.2 cm³/mol. The lowest BCUT2D eigenvalue weighted by molar-refractivity contribution is 0.378. The molecule has 3 rings (SSSR count). The summed E-state index contributed by atoms with van der Waals surface area (Å²) in [5.41, 5.74) is 4.55. The van der Waals surface area contributed by atoms with Gasteiger partial charge in [0.1, 0.15) is 0 Å². The van der Waals surface area contributed by atoms with Crippen LogP contribution in [-0.2, 0) is 19.4 Å². The van der Waals surface area contributed by atoms with Crippen LogP contribution in [0.15, 0.2) is 18.2 Å². The Balaban J connectivity index is 1.59. The van der Waals surface area contributed by atoms with Gasteiger partial charge in [0.05, 0.1) is 0 Å². The molecule has 18 heavy (non-hydrogen) atoms. The van der Waals surface area contributed by atoms with Crippen LogP contribution >= 0.6 is 11.6 Å². The van der Waals surface area contributed by atoms with Gasteiger partial charge in [-0.1, -0.05) is 31.0 Å². The van der Waals surface area contributed by atoms with Crippen molar-refractivity contribution in [1.29, 1.82) is 0 Å². The van der Waals surface area contributed by atoms with Crippen LogP contribution in [0.4, 0.5) is 0 Å². The second kappa shape index (κ2) is 5.63. The van der Waals surface area contributed by atoms with Gasteiger partial charge in [-0.05, 0) is 48.8 Å². The standard InChI is InChI=1S/C16H22ClN/c17-15-6-1-2-7-16(15)18-11-12-8-9-13-4-3-5-14(13)10-12/h8-10,15-16,18H,1-7,11H2. The molecule has 1 saturated carbocycles. The number of halogens is 1. The first-order valence-corrected chi connectivity index (χ1v) is 7.75. The van der Waals surface area contributed by atoms with Gasteiger partial charge >= 0.3 is 0 Å². The molecule has 1 aromatic rings. The van der Waals surface area contributed by atoms with Gasteiger partial charge in [0.15, 0.2) is 0 Å². The maximum atomic E-state index is 6.38. The normalized spacial score (nSPS) is 27.2. The van der Waals surface area contributed by atoms with Crippen LogP contribution in [-0.4, -0.2) is 11.4 Å². The summed E-state index contributed by atoms with van der Waals surface area (Å²) < 4.78 is 0. The summed E-state index contributed by atoms with van der Waals surface area (Å²) in [6.07, 6.45) is 8.90. The summed E-state index contributed by atoms with van der Waals surface area (Å²) in [6, 6.07) is 7.50. The van der Waals surface area contributed by atoms with Gasteiger partial charge in [-0.25, -0.2) is 0 Å². The fourth-order valence-electron chi connectivity index (χ4n) is 3.30. The van der Waals surface area contributed by atoms with Crippen LogP contribution in [0.25, 0.3) is 0 Å². The number of alkyl halides is 1. The van der Waals surface area contributed by atoms with Gasteiger partial charge in [0.25, 0.3) is 0 Å². The minimum Gasteiger partial charge on any atom is -0.308 e. The molecule has 2 heteroatoms. The van der Waals surface area contributed by atoms with E-state index in [1.807, 2.05) is 0 Å². The Labute approximate surface area is 115 Å². The van der Waals surface area contributed by atoms with Crippen LogP contribution < -0.4 is 5.32 Å². The third-order valence-corrected chi connectivity index (χ3v) is 4.94.